The highest BCUT2D eigenvalue weighted by Gasteiger charge is 2.22. The fourth-order valence-electron chi connectivity index (χ4n) is 2.08. The molecule has 1 fully saturated rings. The molecule has 3 rings (SSSR count). The molecule has 1 saturated carbocycles. The zero-order valence-electron chi connectivity index (χ0n) is 10.8. The third-order valence-corrected chi connectivity index (χ3v) is 3.26. The third kappa shape index (κ3) is 3.17. The van der Waals surface area contributed by atoms with Crippen LogP contribution in [-0.4, -0.2) is 25.3 Å². The van der Waals surface area contributed by atoms with Gasteiger partial charge in [-0.3, -0.25) is 4.79 Å². The van der Waals surface area contributed by atoms with Crippen molar-refractivity contribution in [3.63, 3.8) is 0 Å². The van der Waals surface area contributed by atoms with E-state index in [4.69, 9.17) is 9.47 Å². The molecule has 2 N–H and O–H groups in total. The molecule has 0 atom stereocenters. The van der Waals surface area contributed by atoms with Gasteiger partial charge in [0.2, 0.25) is 12.7 Å². The number of hydrogen-bond donors (Lipinski definition) is 2. The first-order valence-electron chi connectivity index (χ1n) is 6.70. The van der Waals surface area contributed by atoms with Gasteiger partial charge in [0.25, 0.3) is 0 Å². The fourth-order valence-corrected chi connectivity index (χ4v) is 2.08. The molecular formula is C14H18N2O3. The van der Waals surface area contributed by atoms with E-state index in [0.717, 1.165) is 29.9 Å². The second-order valence-electron chi connectivity index (χ2n) is 4.92. The Hall–Kier alpha value is -1.75. The molecule has 1 aromatic rings. The van der Waals surface area contributed by atoms with Gasteiger partial charge in [0.05, 0.1) is 0 Å². The molecule has 1 heterocycles. The summed E-state index contributed by atoms with van der Waals surface area (Å²) in [6.45, 7) is 1.64. The summed E-state index contributed by atoms with van der Waals surface area (Å²) in [5.74, 6) is 1.75. The largest absolute Gasteiger partial charge is 0.454 e. The molecule has 1 aromatic carbocycles. The van der Waals surface area contributed by atoms with Crippen molar-refractivity contribution in [2.24, 2.45) is 0 Å². The maximum Gasteiger partial charge on any atom is 0.231 e. The number of para-hydroxylation sites is 1. The van der Waals surface area contributed by atoms with Gasteiger partial charge in [0, 0.05) is 31.1 Å². The number of hydrogen-bond acceptors (Lipinski definition) is 4. The molecule has 0 radical (unpaired) electrons. The van der Waals surface area contributed by atoms with Crippen LogP contribution in [0.2, 0.25) is 0 Å². The lowest BCUT2D eigenvalue weighted by Crippen LogP contribution is -2.29. The van der Waals surface area contributed by atoms with E-state index in [0.29, 0.717) is 25.6 Å². The van der Waals surface area contributed by atoms with Crippen molar-refractivity contribution >= 4 is 5.91 Å². The Morgan fingerprint density at radius 1 is 1.32 bits per heavy atom. The quantitative estimate of drug-likeness (QED) is 0.756. The molecule has 1 aliphatic carbocycles. The maximum atomic E-state index is 11.5. The van der Waals surface area contributed by atoms with Gasteiger partial charge >= 0.3 is 0 Å². The van der Waals surface area contributed by atoms with Crippen molar-refractivity contribution in [2.75, 3.05) is 13.3 Å². The predicted molar refractivity (Wildman–Crippen MR) is 70.1 cm³/mol. The van der Waals surface area contributed by atoms with Crippen LogP contribution >= 0.6 is 0 Å². The first kappa shape index (κ1) is 12.3. The molecule has 5 heteroatoms. The molecular weight excluding hydrogens is 244 g/mol. The first-order valence-corrected chi connectivity index (χ1v) is 6.70. The second-order valence-corrected chi connectivity index (χ2v) is 4.92. The van der Waals surface area contributed by atoms with E-state index in [-0.39, 0.29) is 12.7 Å². The highest BCUT2D eigenvalue weighted by Crippen LogP contribution is 2.35. The summed E-state index contributed by atoms with van der Waals surface area (Å²) in [4.78, 5) is 11.5. The van der Waals surface area contributed by atoms with Gasteiger partial charge in [-0.1, -0.05) is 12.1 Å². The van der Waals surface area contributed by atoms with Crippen LogP contribution in [0.15, 0.2) is 18.2 Å². The third-order valence-electron chi connectivity index (χ3n) is 3.26. The number of nitrogens with one attached hydrogen (secondary N) is 2. The zero-order valence-corrected chi connectivity index (χ0v) is 10.8. The van der Waals surface area contributed by atoms with Gasteiger partial charge in [-0.2, -0.15) is 0 Å². The lowest BCUT2D eigenvalue weighted by molar-refractivity contribution is -0.121. The van der Waals surface area contributed by atoms with Crippen LogP contribution in [0.4, 0.5) is 0 Å². The van der Waals surface area contributed by atoms with Gasteiger partial charge in [0.15, 0.2) is 11.5 Å². The Balaban J connectivity index is 1.42. The SMILES string of the molecule is O=C(CCNCc1cccc2c1OCO2)NC1CC1. The minimum atomic E-state index is 0.132. The molecule has 0 unspecified atom stereocenters. The smallest absolute Gasteiger partial charge is 0.231 e. The van der Waals surface area contributed by atoms with Crippen LogP contribution in [0.5, 0.6) is 11.5 Å². The van der Waals surface area contributed by atoms with Crippen molar-refractivity contribution in [1.29, 1.82) is 0 Å². The minimum Gasteiger partial charge on any atom is -0.454 e. The summed E-state index contributed by atoms with van der Waals surface area (Å²) < 4.78 is 10.7. The Kier molecular flexibility index (Phi) is 3.55. The molecule has 0 bridgehead atoms. The van der Waals surface area contributed by atoms with Crippen LogP contribution in [0.25, 0.3) is 0 Å². The summed E-state index contributed by atoms with van der Waals surface area (Å²) in [6.07, 6.45) is 2.78. The Bertz CT molecular complexity index is 472. The average molecular weight is 262 g/mol. The Morgan fingerprint density at radius 2 is 2.21 bits per heavy atom. The molecule has 102 valence electrons. The number of fused-ring (bicyclic) bond motifs is 1. The number of amides is 1. The molecule has 19 heavy (non-hydrogen) atoms. The van der Waals surface area contributed by atoms with Crippen molar-refractivity contribution in [3.05, 3.63) is 23.8 Å². The van der Waals surface area contributed by atoms with Crippen LogP contribution in [0.1, 0.15) is 24.8 Å². The molecule has 2 aliphatic rings. The van der Waals surface area contributed by atoms with E-state index in [1.807, 2.05) is 18.2 Å². The summed E-state index contributed by atoms with van der Waals surface area (Å²) in [5.41, 5.74) is 1.07. The number of rotatable bonds is 6. The molecule has 0 spiro atoms. The lowest BCUT2D eigenvalue weighted by Gasteiger charge is -2.08. The number of benzene rings is 1. The van der Waals surface area contributed by atoms with Crippen LogP contribution in [-0.2, 0) is 11.3 Å². The molecule has 5 nitrogen and oxygen atoms in total. The molecule has 0 aromatic heterocycles. The normalized spacial score (nSPS) is 16.4. The van der Waals surface area contributed by atoms with Gasteiger partial charge in [-0.05, 0) is 18.9 Å². The van der Waals surface area contributed by atoms with E-state index in [2.05, 4.69) is 10.6 Å². The molecule has 1 amide bonds. The summed E-state index contributed by atoms with van der Waals surface area (Å²) in [7, 11) is 0. The first-order chi connectivity index (χ1) is 9.33. The fraction of sp³-hybridized carbons (Fsp3) is 0.500. The predicted octanol–water partition coefficient (Wildman–Crippen LogP) is 1.17. The van der Waals surface area contributed by atoms with Crippen molar-refractivity contribution in [3.8, 4) is 11.5 Å². The van der Waals surface area contributed by atoms with Crippen molar-refractivity contribution in [2.45, 2.75) is 31.8 Å². The summed E-state index contributed by atoms with van der Waals surface area (Å²) >= 11 is 0. The highest BCUT2D eigenvalue weighted by molar-refractivity contribution is 5.76. The Morgan fingerprint density at radius 3 is 3.05 bits per heavy atom. The van der Waals surface area contributed by atoms with Crippen molar-refractivity contribution < 1.29 is 14.3 Å². The molecule has 1 aliphatic heterocycles. The molecule has 0 saturated heterocycles. The van der Waals surface area contributed by atoms with Gasteiger partial charge in [0.1, 0.15) is 0 Å². The van der Waals surface area contributed by atoms with Gasteiger partial charge < -0.3 is 20.1 Å². The van der Waals surface area contributed by atoms with E-state index >= 15 is 0 Å². The van der Waals surface area contributed by atoms with E-state index in [9.17, 15) is 4.79 Å². The number of carbonyl (C=O) groups is 1. The van der Waals surface area contributed by atoms with Crippen molar-refractivity contribution in [1.82, 2.24) is 10.6 Å². The zero-order chi connectivity index (χ0) is 13.1. The van der Waals surface area contributed by atoms with Gasteiger partial charge in [-0.25, -0.2) is 0 Å². The number of carbonyl (C=O) groups excluding carboxylic acids is 1. The van der Waals surface area contributed by atoms with Gasteiger partial charge in [-0.15, -0.1) is 0 Å². The average Bonchev–Trinajstić information content (AvgIpc) is 3.07. The van der Waals surface area contributed by atoms with Crippen LogP contribution < -0.4 is 20.1 Å². The Labute approximate surface area is 112 Å². The topological polar surface area (TPSA) is 59.6 Å². The summed E-state index contributed by atoms with van der Waals surface area (Å²) in [5, 5.41) is 6.23. The van der Waals surface area contributed by atoms with E-state index in [1.54, 1.807) is 0 Å². The number of ether oxygens (including phenoxy) is 2. The maximum absolute atomic E-state index is 11.5. The van der Waals surface area contributed by atoms with E-state index < -0.39 is 0 Å². The minimum absolute atomic E-state index is 0.132. The highest BCUT2D eigenvalue weighted by atomic mass is 16.7. The van der Waals surface area contributed by atoms with E-state index in [1.165, 1.54) is 0 Å². The second kappa shape index (κ2) is 5.48. The van der Waals surface area contributed by atoms with Crippen LogP contribution in [0, 0.1) is 0 Å². The standard InChI is InChI=1S/C14H18N2O3/c17-13(16-11-4-5-11)6-7-15-8-10-2-1-3-12-14(10)19-9-18-12/h1-3,11,15H,4-9H2,(H,16,17). The monoisotopic (exact) mass is 262 g/mol. The lowest BCUT2D eigenvalue weighted by atomic mass is 10.2. The summed E-state index contributed by atoms with van der Waals surface area (Å²) in [6, 6.07) is 6.29. The van der Waals surface area contributed by atoms with Crippen LogP contribution in [0.3, 0.4) is 0 Å².